The molecular formula is C8H15N4O+. The van der Waals surface area contributed by atoms with Gasteiger partial charge in [-0.15, -0.1) is 4.68 Å². The number of rotatable bonds is 3. The number of hydrogen-bond acceptors (Lipinski definition) is 1. The third-order valence-electron chi connectivity index (χ3n) is 1.74. The number of amides is 2. The van der Waals surface area contributed by atoms with Gasteiger partial charge in [0, 0.05) is 19.2 Å². The molecule has 0 unspecified atom stereocenters. The predicted octanol–water partition coefficient (Wildman–Crippen LogP) is -0.689. The fraction of sp³-hybridized carbons (Fsp3) is 0.500. The van der Waals surface area contributed by atoms with Crippen LogP contribution in [0.4, 0.5) is 4.79 Å². The quantitative estimate of drug-likeness (QED) is 0.534. The second-order valence-electron chi connectivity index (χ2n) is 2.84. The molecule has 1 rings (SSSR count). The molecule has 0 aromatic carbocycles. The minimum absolute atomic E-state index is 0.139. The van der Waals surface area contributed by atoms with Crippen LogP contribution in [-0.2, 0) is 13.5 Å². The fourth-order valence-electron chi connectivity index (χ4n) is 1.05. The molecule has 0 aliphatic carbocycles. The van der Waals surface area contributed by atoms with Gasteiger partial charge in [0.15, 0.2) is 13.2 Å². The minimum Gasteiger partial charge on any atom is -0.341 e. The number of carbonyl (C=O) groups is 1. The van der Waals surface area contributed by atoms with Gasteiger partial charge in [0.25, 0.3) is 0 Å². The van der Waals surface area contributed by atoms with Crippen LogP contribution in [-0.4, -0.2) is 24.7 Å². The van der Waals surface area contributed by atoms with Crippen LogP contribution < -0.4 is 15.3 Å². The molecule has 72 valence electrons. The summed E-state index contributed by atoms with van der Waals surface area (Å²) in [5.74, 6) is 0. The molecule has 0 spiro atoms. The summed E-state index contributed by atoms with van der Waals surface area (Å²) in [5.41, 5.74) is 1.18. The Kier molecular flexibility index (Phi) is 3.31. The molecule has 0 atom stereocenters. The Hall–Kier alpha value is -1.52. The van der Waals surface area contributed by atoms with Gasteiger partial charge in [-0.3, -0.25) is 0 Å². The van der Waals surface area contributed by atoms with E-state index in [1.807, 2.05) is 24.1 Å². The molecule has 0 aliphatic rings. The first-order valence-corrected chi connectivity index (χ1v) is 4.21. The van der Waals surface area contributed by atoms with E-state index >= 15 is 0 Å². The first-order chi connectivity index (χ1) is 6.22. The lowest BCUT2D eigenvalue weighted by Crippen LogP contribution is -2.34. The number of hydrogen-bond donors (Lipinski definition) is 3. The Morgan fingerprint density at radius 2 is 2.46 bits per heavy atom. The lowest BCUT2D eigenvalue weighted by atomic mass is 10.2. The van der Waals surface area contributed by atoms with Gasteiger partial charge in [-0.1, -0.05) is 0 Å². The molecule has 0 saturated carbocycles. The Bertz CT molecular complexity index is 281. The SMILES string of the molecule is CNC(=O)NCCc1c[nH][n+](C)c1. The van der Waals surface area contributed by atoms with Crippen LogP contribution in [0.15, 0.2) is 12.4 Å². The van der Waals surface area contributed by atoms with Crippen LogP contribution in [0.1, 0.15) is 5.56 Å². The fourth-order valence-corrected chi connectivity index (χ4v) is 1.05. The summed E-state index contributed by atoms with van der Waals surface area (Å²) < 4.78 is 1.87. The molecular weight excluding hydrogens is 168 g/mol. The average molecular weight is 183 g/mol. The maximum absolute atomic E-state index is 10.8. The van der Waals surface area contributed by atoms with E-state index in [4.69, 9.17) is 0 Å². The zero-order chi connectivity index (χ0) is 9.68. The van der Waals surface area contributed by atoms with Crippen molar-refractivity contribution in [3.8, 4) is 0 Å². The first kappa shape index (κ1) is 9.57. The van der Waals surface area contributed by atoms with Crippen LogP contribution in [0.3, 0.4) is 0 Å². The molecule has 3 N–H and O–H groups in total. The van der Waals surface area contributed by atoms with Gasteiger partial charge in [0.05, 0.1) is 6.20 Å². The average Bonchev–Trinajstić information content (AvgIpc) is 2.51. The number of aromatic nitrogens is 2. The van der Waals surface area contributed by atoms with E-state index < -0.39 is 0 Å². The van der Waals surface area contributed by atoms with Gasteiger partial charge in [-0.25, -0.2) is 4.79 Å². The highest BCUT2D eigenvalue weighted by Crippen LogP contribution is 1.91. The summed E-state index contributed by atoms with van der Waals surface area (Å²) >= 11 is 0. The second kappa shape index (κ2) is 4.49. The highest BCUT2D eigenvalue weighted by atomic mass is 16.2. The normalized spacial score (nSPS) is 9.69. The van der Waals surface area contributed by atoms with E-state index in [9.17, 15) is 4.79 Å². The molecule has 5 nitrogen and oxygen atoms in total. The molecule has 0 aliphatic heterocycles. The largest absolute Gasteiger partial charge is 0.341 e. The Balaban J connectivity index is 2.24. The second-order valence-corrected chi connectivity index (χ2v) is 2.84. The summed E-state index contributed by atoms with van der Waals surface area (Å²) in [5, 5.41) is 8.22. The molecule has 13 heavy (non-hydrogen) atoms. The number of H-pyrrole nitrogens is 1. The van der Waals surface area contributed by atoms with E-state index in [0.29, 0.717) is 6.54 Å². The third-order valence-corrected chi connectivity index (χ3v) is 1.74. The van der Waals surface area contributed by atoms with Crippen LogP contribution in [0.2, 0.25) is 0 Å². The number of aryl methyl sites for hydroxylation is 1. The maximum atomic E-state index is 10.8. The molecule has 1 aromatic rings. The van der Waals surface area contributed by atoms with Gasteiger partial charge >= 0.3 is 6.03 Å². The predicted molar refractivity (Wildman–Crippen MR) is 48.1 cm³/mol. The minimum atomic E-state index is -0.139. The standard InChI is InChI=1S/C8H14N4O/c1-9-8(13)10-4-3-7-5-11-12(2)6-7/h5-6H,3-4H2,1-2H3,(H2,9,10,13)/p+1. The molecule has 0 saturated heterocycles. The van der Waals surface area contributed by atoms with Gasteiger partial charge in [-0.05, 0) is 6.42 Å². The summed E-state index contributed by atoms with van der Waals surface area (Å²) in [6, 6.07) is -0.139. The molecule has 5 heteroatoms. The van der Waals surface area contributed by atoms with E-state index in [2.05, 4.69) is 15.7 Å². The lowest BCUT2D eigenvalue weighted by molar-refractivity contribution is -0.727. The Morgan fingerprint density at radius 3 is 3.00 bits per heavy atom. The molecule has 0 radical (unpaired) electrons. The maximum Gasteiger partial charge on any atom is 0.314 e. The monoisotopic (exact) mass is 183 g/mol. The van der Waals surface area contributed by atoms with Crippen LogP contribution in [0.5, 0.6) is 0 Å². The van der Waals surface area contributed by atoms with Crippen molar-refractivity contribution in [2.75, 3.05) is 13.6 Å². The van der Waals surface area contributed by atoms with Crippen molar-refractivity contribution in [2.24, 2.45) is 7.05 Å². The van der Waals surface area contributed by atoms with Crippen molar-refractivity contribution in [2.45, 2.75) is 6.42 Å². The molecule has 0 fully saturated rings. The van der Waals surface area contributed by atoms with Crippen LogP contribution in [0.25, 0.3) is 0 Å². The van der Waals surface area contributed by atoms with Gasteiger partial charge in [0.2, 0.25) is 0 Å². The highest BCUT2D eigenvalue weighted by Gasteiger charge is 2.01. The van der Waals surface area contributed by atoms with E-state index in [1.165, 1.54) is 5.56 Å². The summed E-state index contributed by atoms with van der Waals surface area (Å²) in [7, 11) is 3.53. The lowest BCUT2D eigenvalue weighted by Gasteiger charge is -2.00. The zero-order valence-electron chi connectivity index (χ0n) is 7.92. The van der Waals surface area contributed by atoms with Crippen molar-refractivity contribution in [1.29, 1.82) is 0 Å². The van der Waals surface area contributed by atoms with Gasteiger partial charge in [-0.2, -0.15) is 5.10 Å². The molecule has 1 heterocycles. The van der Waals surface area contributed by atoms with Crippen LogP contribution >= 0.6 is 0 Å². The molecule has 2 amide bonds. The van der Waals surface area contributed by atoms with E-state index in [-0.39, 0.29) is 6.03 Å². The number of nitrogens with zero attached hydrogens (tertiary/aromatic N) is 1. The van der Waals surface area contributed by atoms with Crippen molar-refractivity contribution in [3.63, 3.8) is 0 Å². The van der Waals surface area contributed by atoms with Crippen LogP contribution in [0, 0.1) is 0 Å². The number of urea groups is 1. The van der Waals surface area contributed by atoms with Gasteiger partial charge in [0.1, 0.15) is 0 Å². The highest BCUT2D eigenvalue weighted by molar-refractivity contribution is 5.73. The molecule has 1 aromatic heterocycles. The topological polar surface area (TPSA) is 60.8 Å². The summed E-state index contributed by atoms with van der Waals surface area (Å²) in [4.78, 5) is 10.8. The Morgan fingerprint density at radius 1 is 1.69 bits per heavy atom. The zero-order valence-corrected chi connectivity index (χ0v) is 7.92. The van der Waals surface area contributed by atoms with Crippen molar-refractivity contribution in [1.82, 2.24) is 15.7 Å². The Labute approximate surface area is 77.1 Å². The van der Waals surface area contributed by atoms with E-state index in [1.54, 1.807) is 7.05 Å². The third kappa shape index (κ3) is 3.14. The van der Waals surface area contributed by atoms with Crippen molar-refractivity contribution >= 4 is 6.03 Å². The smallest absolute Gasteiger partial charge is 0.314 e. The number of nitrogens with one attached hydrogen (secondary N) is 3. The van der Waals surface area contributed by atoms with Gasteiger partial charge < -0.3 is 10.6 Å². The van der Waals surface area contributed by atoms with E-state index in [0.717, 1.165) is 6.42 Å². The number of aromatic amines is 1. The van der Waals surface area contributed by atoms with Crippen molar-refractivity contribution in [3.05, 3.63) is 18.0 Å². The molecule has 0 bridgehead atoms. The van der Waals surface area contributed by atoms with Crippen molar-refractivity contribution < 1.29 is 9.48 Å². The summed E-state index contributed by atoms with van der Waals surface area (Å²) in [6.07, 6.45) is 4.75. The first-order valence-electron chi connectivity index (χ1n) is 4.21. The summed E-state index contributed by atoms with van der Waals surface area (Å²) in [6.45, 7) is 0.650. The number of carbonyl (C=O) groups excluding carboxylic acids is 1.